The van der Waals surface area contributed by atoms with Crippen LogP contribution in [-0.4, -0.2) is 25.3 Å². The molecule has 0 aliphatic heterocycles. The van der Waals surface area contributed by atoms with Gasteiger partial charge in [0.2, 0.25) is 0 Å². The van der Waals surface area contributed by atoms with Crippen LogP contribution < -0.4 is 0 Å². The number of rotatable bonds is 2. The average molecular weight is 198 g/mol. The second-order valence-electron chi connectivity index (χ2n) is 3.26. The molecule has 0 aromatic heterocycles. The lowest BCUT2D eigenvalue weighted by Crippen LogP contribution is -2.50. The highest BCUT2D eigenvalue weighted by Crippen LogP contribution is 2.38. The summed E-state index contributed by atoms with van der Waals surface area (Å²) in [6, 6.07) is 0. The number of halogens is 1. The van der Waals surface area contributed by atoms with Crippen molar-refractivity contribution in [1.82, 2.24) is 4.31 Å². The average Bonchev–Trinajstić information content (AvgIpc) is 1.79. The van der Waals surface area contributed by atoms with Crippen molar-refractivity contribution in [3.05, 3.63) is 0 Å². The van der Waals surface area contributed by atoms with Crippen molar-refractivity contribution < 1.29 is 8.42 Å². The first-order valence-electron chi connectivity index (χ1n) is 3.55. The van der Waals surface area contributed by atoms with Gasteiger partial charge < -0.3 is 0 Å². The molecule has 1 aliphatic rings. The van der Waals surface area contributed by atoms with Crippen LogP contribution in [0.2, 0.25) is 0 Å². The van der Waals surface area contributed by atoms with Gasteiger partial charge >= 0.3 is 0 Å². The SMILES string of the molecule is CN(C1(C)CCC1)S(=O)(=O)Cl. The zero-order valence-electron chi connectivity index (χ0n) is 6.67. The van der Waals surface area contributed by atoms with Crippen LogP contribution in [0.5, 0.6) is 0 Å². The minimum Gasteiger partial charge on any atom is -0.195 e. The smallest absolute Gasteiger partial charge is 0.195 e. The van der Waals surface area contributed by atoms with E-state index in [2.05, 4.69) is 0 Å². The largest absolute Gasteiger partial charge is 0.300 e. The van der Waals surface area contributed by atoms with Crippen LogP contribution in [0, 0.1) is 0 Å². The molecule has 1 fully saturated rings. The maximum atomic E-state index is 10.9. The van der Waals surface area contributed by atoms with E-state index in [0.717, 1.165) is 19.3 Å². The first-order chi connectivity index (χ1) is 4.86. The van der Waals surface area contributed by atoms with Crippen LogP contribution >= 0.6 is 10.7 Å². The van der Waals surface area contributed by atoms with Crippen LogP contribution in [0.3, 0.4) is 0 Å². The predicted octanol–water partition coefficient (Wildman–Crippen LogP) is 1.34. The molecular formula is C6H12ClNO2S. The van der Waals surface area contributed by atoms with Gasteiger partial charge in [-0.2, -0.15) is 12.7 Å². The van der Waals surface area contributed by atoms with Crippen LogP contribution in [0.25, 0.3) is 0 Å². The molecule has 0 atom stereocenters. The molecule has 0 aromatic rings. The van der Waals surface area contributed by atoms with Crippen molar-refractivity contribution >= 4 is 19.9 Å². The van der Waals surface area contributed by atoms with E-state index >= 15 is 0 Å². The lowest BCUT2D eigenvalue weighted by molar-refractivity contribution is 0.132. The van der Waals surface area contributed by atoms with Crippen molar-refractivity contribution in [1.29, 1.82) is 0 Å². The summed E-state index contributed by atoms with van der Waals surface area (Å²) in [6.45, 7) is 1.91. The van der Waals surface area contributed by atoms with Crippen molar-refractivity contribution in [3.63, 3.8) is 0 Å². The van der Waals surface area contributed by atoms with Crippen molar-refractivity contribution in [2.75, 3.05) is 7.05 Å². The molecule has 0 heterocycles. The maximum Gasteiger partial charge on any atom is 0.300 e. The molecule has 0 N–H and O–H groups in total. The summed E-state index contributed by atoms with van der Waals surface area (Å²) in [5.41, 5.74) is -0.222. The highest BCUT2D eigenvalue weighted by molar-refractivity contribution is 8.11. The Bertz CT molecular complexity index is 245. The Labute approximate surface area is 71.9 Å². The summed E-state index contributed by atoms with van der Waals surface area (Å²) in [4.78, 5) is 0. The molecule has 0 bridgehead atoms. The normalized spacial score (nSPS) is 23.3. The Kier molecular flexibility index (Phi) is 2.20. The second-order valence-corrected chi connectivity index (χ2v) is 5.80. The molecule has 11 heavy (non-hydrogen) atoms. The standard InChI is InChI=1S/C6H12ClNO2S/c1-6(4-3-5-6)8(2)11(7,9)10/h3-5H2,1-2H3. The lowest BCUT2D eigenvalue weighted by atomic mass is 9.79. The van der Waals surface area contributed by atoms with E-state index in [4.69, 9.17) is 10.7 Å². The molecular weight excluding hydrogens is 186 g/mol. The van der Waals surface area contributed by atoms with E-state index in [1.165, 1.54) is 11.4 Å². The quantitative estimate of drug-likeness (QED) is 0.627. The third kappa shape index (κ3) is 1.68. The zero-order chi connectivity index (χ0) is 8.70. The molecule has 0 radical (unpaired) electrons. The van der Waals surface area contributed by atoms with E-state index in [9.17, 15) is 8.42 Å². The van der Waals surface area contributed by atoms with Gasteiger partial charge in [0.15, 0.2) is 0 Å². The minimum atomic E-state index is -3.52. The highest BCUT2D eigenvalue weighted by atomic mass is 35.7. The monoisotopic (exact) mass is 197 g/mol. The molecule has 1 aliphatic carbocycles. The molecule has 0 aromatic carbocycles. The highest BCUT2D eigenvalue weighted by Gasteiger charge is 2.40. The molecule has 0 spiro atoms. The molecule has 1 rings (SSSR count). The molecule has 3 nitrogen and oxygen atoms in total. The summed E-state index contributed by atoms with van der Waals surface area (Å²) in [5, 5.41) is 0. The van der Waals surface area contributed by atoms with Gasteiger partial charge in [-0.25, -0.2) is 0 Å². The predicted molar refractivity (Wildman–Crippen MR) is 44.8 cm³/mol. The van der Waals surface area contributed by atoms with Gasteiger partial charge in [0.1, 0.15) is 0 Å². The molecule has 5 heteroatoms. The van der Waals surface area contributed by atoms with Gasteiger partial charge in [0, 0.05) is 23.3 Å². The van der Waals surface area contributed by atoms with Crippen molar-refractivity contribution in [3.8, 4) is 0 Å². The number of hydrogen-bond acceptors (Lipinski definition) is 2. The number of nitrogens with zero attached hydrogens (tertiary/aromatic N) is 1. The fourth-order valence-corrected chi connectivity index (χ4v) is 2.48. The zero-order valence-corrected chi connectivity index (χ0v) is 8.24. The van der Waals surface area contributed by atoms with Gasteiger partial charge in [-0.15, -0.1) is 0 Å². The lowest BCUT2D eigenvalue weighted by Gasteiger charge is -2.43. The third-order valence-electron chi connectivity index (χ3n) is 2.52. The first-order valence-corrected chi connectivity index (χ1v) is 5.81. The Hall–Kier alpha value is 0.200. The van der Waals surface area contributed by atoms with Crippen LogP contribution in [-0.2, 0) is 9.24 Å². The van der Waals surface area contributed by atoms with Gasteiger partial charge in [0.05, 0.1) is 0 Å². The van der Waals surface area contributed by atoms with E-state index in [0.29, 0.717) is 0 Å². The molecule has 0 unspecified atom stereocenters. The second kappa shape index (κ2) is 2.61. The fourth-order valence-electron chi connectivity index (χ4n) is 1.27. The Morgan fingerprint density at radius 1 is 1.45 bits per heavy atom. The topological polar surface area (TPSA) is 37.4 Å². The van der Waals surface area contributed by atoms with E-state index in [-0.39, 0.29) is 5.54 Å². The minimum absolute atomic E-state index is 0.222. The van der Waals surface area contributed by atoms with Gasteiger partial charge in [0.25, 0.3) is 9.24 Å². The molecule has 1 saturated carbocycles. The fraction of sp³-hybridized carbons (Fsp3) is 1.00. The summed E-state index contributed by atoms with van der Waals surface area (Å²) in [5.74, 6) is 0. The Morgan fingerprint density at radius 3 is 2.00 bits per heavy atom. The van der Waals surface area contributed by atoms with E-state index < -0.39 is 9.24 Å². The van der Waals surface area contributed by atoms with Crippen LogP contribution in [0.15, 0.2) is 0 Å². The van der Waals surface area contributed by atoms with Crippen LogP contribution in [0.1, 0.15) is 26.2 Å². The summed E-state index contributed by atoms with van der Waals surface area (Å²) in [7, 11) is 3.19. The number of hydrogen-bond donors (Lipinski definition) is 0. The molecule has 0 amide bonds. The van der Waals surface area contributed by atoms with Crippen molar-refractivity contribution in [2.45, 2.75) is 31.7 Å². The third-order valence-corrected chi connectivity index (χ3v) is 4.23. The Balaban J connectivity index is 2.76. The maximum absolute atomic E-state index is 10.9. The molecule has 0 saturated heterocycles. The molecule has 66 valence electrons. The summed E-state index contributed by atoms with van der Waals surface area (Å²) in [6.07, 6.45) is 2.91. The Morgan fingerprint density at radius 2 is 1.91 bits per heavy atom. The van der Waals surface area contributed by atoms with E-state index in [1.807, 2.05) is 6.92 Å². The van der Waals surface area contributed by atoms with Crippen molar-refractivity contribution in [2.24, 2.45) is 0 Å². The van der Waals surface area contributed by atoms with Gasteiger partial charge in [-0.05, 0) is 26.2 Å². The van der Waals surface area contributed by atoms with Gasteiger partial charge in [-0.1, -0.05) is 0 Å². The summed E-state index contributed by atoms with van der Waals surface area (Å²) < 4.78 is 23.0. The summed E-state index contributed by atoms with van der Waals surface area (Å²) >= 11 is 0. The van der Waals surface area contributed by atoms with Gasteiger partial charge in [-0.3, -0.25) is 0 Å². The first kappa shape index (κ1) is 9.29. The van der Waals surface area contributed by atoms with E-state index in [1.54, 1.807) is 0 Å². The van der Waals surface area contributed by atoms with Crippen LogP contribution in [0.4, 0.5) is 0 Å².